The van der Waals surface area contributed by atoms with Crippen LogP contribution in [0.1, 0.15) is 61.1 Å². The summed E-state index contributed by atoms with van der Waals surface area (Å²) in [6, 6.07) is 11.4. The lowest BCUT2D eigenvalue weighted by Crippen LogP contribution is -2.53. The number of ether oxygens (including phenoxy) is 1. The summed E-state index contributed by atoms with van der Waals surface area (Å²) in [5, 5.41) is 21.1. The van der Waals surface area contributed by atoms with Gasteiger partial charge in [-0.3, -0.25) is 34.3 Å². The van der Waals surface area contributed by atoms with Crippen molar-refractivity contribution in [1.82, 2.24) is 14.9 Å². The number of allylic oxidation sites excluding steroid dienone is 2. The third kappa shape index (κ3) is 6.43. The summed E-state index contributed by atoms with van der Waals surface area (Å²) in [6.45, 7) is 0.0865. The Morgan fingerprint density at radius 2 is 1.73 bits per heavy atom. The number of phenols is 1. The molecular weight excluding hydrogens is 780 g/mol. The summed E-state index contributed by atoms with van der Waals surface area (Å²) in [5.41, 5.74) is 0.705. The average Bonchev–Trinajstić information content (AvgIpc) is 3.52. The van der Waals surface area contributed by atoms with E-state index in [1.807, 2.05) is 0 Å². The van der Waals surface area contributed by atoms with Crippen molar-refractivity contribution in [2.75, 3.05) is 19.1 Å². The smallest absolute Gasteiger partial charge is 0.417 e. The van der Waals surface area contributed by atoms with Crippen molar-refractivity contribution in [2.24, 2.45) is 23.7 Å². The van der Waals surface area contributed by atoms with Crippen LogP contribution in [0, 0.1) is 23.7 Å². The minimum atomic E-state index is -4.77. The van der Waals surface area contributed by atoms with Gasteiger partial charge in [-0.1, -0.05) is 59.5 Å². The van der Waals surface area contributed by atoms with E-state index in [1.165, 1.54) is 18.1 Å². The molecule has 2 saturated heterocycles. The van der Waals surface area contributed by atoms with Gasteiger partial charge < -0.3 is 14.9 Å². The predicted molar refractivity (Wildman–Crippen MR) is 194 cm³/mol. The Morgan fingerprint density at radius 1 is 1.00 bits per heavy atom. The molecule has 0 radical (unpaired) electrons. The summed E-state index contributed by atoms with van der Waals surface area (Å²) in [7, 11) is 1.41. The number of carbonyl (C=O) groups is 5. The van der Waals surface area contributed by atoms with Crippen molar-refractivity contribution >= 4 is 58.6 Å². The largest absolute Gasteiger partial charge is 0.508 e. The number of fused-ring (bicyclic) bond motifs is 4. The summed E-state index contributed by atoms with van der Waals surface area (Å²) in [5.74, 6) is -8.59. The number of imide groups is 2. The zero-order valence-electron chi connectivity index (χ0n) is 29.7. The zero-order valence-corrected chi connectivity index (χ0v) is 31.2. The Bertz CT molecular complexity index is 2170. The minimum absolute atomic E-state index is 0.0430. The number of carboxylic acid groups (broad SMARTS) is 1. The lowest BCUT2D eigenvalue weighted by atomic mass is 9.49. The molecule has 4 amide bonds. The standard InChI is InChI=1S/C39H35Cl2F3N4O8/c1-56-22-10-11-24(29(49)16-22)32-23-12-13-25-31(36(54)47(34(25)52)14-4-2-3-5-30(50)51)26(23)17-27-35(53)48(37(55)38(27,32)19-6-8-21(40)9-7-19)46-33-28(41)15-20(18-45-33)39(42,43)44/h6-12,15-16,18,25-27,31-32,49H,2-5,13-14,17H2,1H3,(H,45,46)(H,50,51). The van der Waals surface area contributed by atoms with Gasteiger partial charge in [-0.2, -0.15) is 18.2 Å². The highest BCUT2D eigenvalue weighted by atomic mass is 35.5. The third-order valence-electron chi connectivity index (χ3n) is 11.5. The molecule has 12 nitrogen and oxygen atoms in total. The second-order valence-corrected chi connectivity index (χ2v) is 15.2. The Morgan fingerprint density at radius 3 is 2.38 bits per heavy atom. The number of alkyl halides is 3. The van der Waals surface area contributed by atoms with Crippen LogP contribution in [0.4, 0.5) is 19.0 Å². The number of aromatic nitrogens is 1. The maximum absolute atomic E-state index is 15.3. The highest BCUT2D eigenvalue weighted by Gasteiger charge is 2.70. The van der Waals surface area contributed by atoms with E-state index >= 15 is 4.79 Å². The first-order valence-electron chi connectivity index (χ1n) is 17.9. The van der Waals surface area contributed by atoms with Crippen molar-refractivity contribution < 1.29 is 52.1 Å². The van der Waals surface area contributed by atoms with E-state index in [9.17, 15) is 37.5 Å². The molecular formula is C39H35Cl2F3N4O8. The number of carbonyl (C=O) groups excluding carboxylic acids is 4. The molecule has 2 aliphatic heterocycles. The van der Waals surface area contributed by atoms with Crippen LogP contribution in [0.25, 0.3) is 0 Å². The SMILES string of the molecule is COc1ccc(C2C3=CCC4C(=O)N(CCCCCC(=O)O)C(=O)C4C3CC3C(=O)N(Nc4ncc(C(F)(F)F)cc4Cl)C(=O)C32c2ccc(Cl)cc2)c(O)c1. The monoisotopic (exact) mass is 814 g/mol. The van der Waals surface area contributed by atoms with Gasteiger partial charge in [0.05, 0.1) is 40.9 Å². The lowest BCUT2D eigenvalue weighted by Gasteiger charge is -2.50. The molecule has 6 atom stereocenters. The van der Waals surface area contributed by atoms with E-state index in [2.05, 4.69) is 10.4 Å². The number of phenolic OH excluding ortho intramolecular Hbond substituents is 1. The summed E-state index contributed by atoms with van der Waals surface area (Å²) in [6.07, 6.45) is -1.21. The van der Waals surface area contributed by atoms with Crippen LogP contribution in [-0.2, 0) is 35.6 Å². The summed E-state index contributed by atoms with van der Waals surface area (Å²) < 4.78 is 45.7. The van der Waals surface area contributed by atoms with Crippen molar-refractivity contribution in [1.29, 1.82) is 0 Å². The van der Waals surface area contributed by atoms with Crippen LogP contribution in [0.5, 0.6) is 11.5 Å². The van der Waals surface area contributed by atoms with Gasteiger partial charge in [0, 0.05) is 41.7 Å². The first-order valence-corrected chi connectivity index (χ1v) is 18.6. The zero-order chi connectivity index (χ0) is 40.3. The number of likely N-dealkylation sites (tertiary alicyclic amines) is 1. The molecule has 294 valence electrons. The summed E-state index contributed by atoms with van der Waals surface area (Å²) in [4.78, 5) is 74.1. The van der Waals surface area contributed by atoms with Gasteiger partial charge in [-0.15, -0.1) is 0 Å². The molecule has 17 heteroatoms. The number of hydrogen-bond acceptors (Lipinski definition) is 9. The van der Waals surface area contributed by atoms with Gasteiger partial charge in [0.25, 0.3) is 11.8 Å². The number of aliphatic carboxylic acids is 1. The number of unbranched alkanes of at least 4 members (excludes halogenated alkanes) is 2. The highest BCUT2D eigenvalue weighted by molar-refractivity contribution is 6.33. The van der Waals surface area contributed by atoms with Crippen LogP contribution in [-0.4, -0.2) is 68.4 Å². The number of hydrogen-bond donors (Lipinski definition) is 3. The highest BCUT2D eigenvalue weighted by Crippen LogP contribution is 2.65. The fourth-order valence-corrected chi connectivity index (χ4v) is 9.36. The van der Waals surface area contributed by atoms with E-state index in [0.717, 1.165) is 0 Å². The average molecular weight is 816 g/mol. The van der Waals surface area contributed by atoms with E-state index in [1.54, 1.807) is 42.5 Å². The van der Waals surface area contributed by atoms with Crippen LogP contribution in [0.2, 0.25) is 10.0 Å². The molecule has 7 rings (SSSR count). The number of rotatable bonds is 11. The number of carboxylic acids is 1. The van der Waals surface area contributed by atoms with E-state index in [0.29, 0.717) is 58.4 Å². The van der Waals surface area contributed by atoms with Gasteiger partial charge in [-0.05, 0) is 61.4 Å². The quantitative estimate of drug-likeness (QED) is 0.107. The molecule has 6 unspecified atom stereocenters. The Hall–Kier alpha value is -5.15. The molecule has 3 N–H and O–H groups in total. The van der Waals surface area contributed by atoms with Crippen LogP contribution >= 0.6 is 23.2 Å². The number of amides is 4. The number of nitrogens with zero attached hydrogens (tertiary/aromatic N) is 3. The second-order valence-electron chi connectivity index (χ2n) is 14.4. The molecule has 3 fully saturated rings. The molecule has 3 aromatic rings. The van der Waals surface area contributed by atoms with E-state index < -0.39 is 81.3 Å². The van der Waals surface area contributed by atoms with Gasteiger partial charge >= 0.3 is 12.1 Å². The van der Waals surface area contributed by atoms with Crippen molar-refractivity contribution in [3.8, 4) is 11.5 Å². The summed E-state index contributed by atoms with van der Waals surface area (Å²) >= 11 is 12.5. The van der Waals surface area contributed by atoms with Crippen molar-refractivity contribution in [3.05, 3.63) is 93.1 Å². The lowest BCUT2D eigenvalue weighted by molar-refractivity contribution is -0.141. The first-order chi connectivity index (χ1) is 26.6. The van der Waals surface area contributed by atoms with Crippen LogP contribution in [0.15, 0.2) is 66.4 Å². The Balaban J connectivity index is 1.36. The normalized spacial score (nSPS) is 25.8. The minimum Gasteiger partial charge on any atom is -0.508 e. The molecule has 1 saturated carbocycles. The molecule has 1 aromatic heterocycles. The Kier molecular flexibility index (Phi) is 10.3. The van der Waals surface area contributed by atoms with Crippen LogP contribution in [0.3, 0.4) is 0 Å². The molecule has 4 aliphatic rings. The first kappa shape index (κ1) is 39.1. The molecule has 0 bridgehead atoms. The van der Waals surface area contributed by atoms with Gasteiger partial charge in [0.2, 0.25) is 11.8 Å². The number of aromatic hydroxyl groups is 1. The second kappa shape index (κ2) is 14.7. The number of anilines is 1. The molecule has 0 spiro atoms. The van der Waals surface area contributed by atoms with Gasteiger partial charge in [0.15, 0.2) is 5.82 Å². The van der Waals surface area contributed by atoms with E-state index in [4.69, 9.17) is 33.0 Å². The fourth-order valence-electron chi connectivity index (χ4n) is 9.03. The number of methoxy groups -OCH3 is 1. The third-order valence-corrected chi connectivity index (χ3v) is 12.0. The number of hydrazine groups is 1. The maximum atomic E-state index is 15.3. The van der Waals surface area contributed by atoms with Crippen molar-refractivity contribution in [2.45, 2.75) is 56.0 Å². The number of benzene rings is 2. The fraction of sp³-hybridized carbons (Fsp3) is 0.385. The topological polar surface area (TPSA) is 166 Å². The maximum Gasteiger partial charge on any atom is 0.417 e. The molecule has 2 aromatic carbocycles. The van der Waals surface area contributed by atoms with E-state index in [-0.39, 0.29) is 43.0 Å². The van der Waals surface area contributed by atoms with Gasteiger partial charge in [0.1, 0.15) is 11.5 Å². The van der Waals surface area contributed by atoms with Crippen molar-refractivity contribution in [3.63, 3.8) is 0 Å². The van der Waals surface area contributed by atoms with Gasteiger partial charge in [-0.25, -0.2) is 4.98 Å². The Labute approximate surface area is 328 Å². The predicted octanol–water partition coefficient (Wildman–Crippen LogP) is 6.75. The number of halogens is 5. The number of pyridine rings is 1. The van der Waals surface area contributed by atoms with Crippen LogP contribution < -0.4 is 10.2 Å². The molecule has 3 heterocycles. The number of nitrogens with one attached hydrogen (secondary N) is 1. The molecule has 2 aliphatic carbocycles. The molecule has 56 heavy (non-hydrogen) atoms.